The van der Waals surface area contributed by atoms with Gasteiger partial charge in [0.2, 0.25) is 0 Å². The molecule has 1 saturated heterocycles. The van der Waals surface area contributed by atoms with Crippen LogP contribution in [0.15, 0.2) is 18.2 Å². The lowest BCUT2D eigenvalue weighted by Crippen LogP contribution is -2.40. The van der Waals surface area contributed by atoms with Gasteiger partial charge in [-0.1, -0.05) is 6.07 Å². The molecule has 0 bridgehead atoms. The molecule has 1 aromatic carbocycles. The first-order chi connectivity index (χ1) is 9.79. The van der Waals surface area contributed by atoms with E-state index in [-0.39, 0.29) is 6.04 Å². The van der Waals surface area contributed by atoms with Crippen molar-refractivity contribution in [3.05, 3.63) is 35.1 Å². The van der Waals surface area contributed by atoms with E-state index in [4.69, 9.17) is 0 Å². The Morgan fingerprint density at radius 1 is 1.24 bits per heavy atom. The Labute approximate surface area is 121 Å². The quantitative estimate of drug-likeness (QED) is 0.850. The van der Waals surface area contributed by atoms with Gasteiger partial charge in [0.1, 0.15) is 5.82 Å². The fourth-order valence-corrected chi connectivity index (χ4v) is 3.43. The molecular formula is C13H13F4NO2S. The van der Waals surface area contributed by atoms with Crippen molar-refractivity contribution in [2.24, 2.45) is 0 Å². The van der Waals surface area contributed by atoms with E-state index < -0.39 is 39.8 Å². The van der Waals surface area contributed by atoms with Gasteiger partial charge in [0.05, 0.1) is 11.1 Å². The molecule has 1 N–H and O–H groups in total. The van der Waals surface area contributed by atoms with Gasteiger partial charge < -0.3 is 5.32 Å². The zero-order valence-corrected chi connectivity index (χ0v) is 11.7. The first-order valence-electron chi connectivity index (χ1n) is 6.30. The molecule has 0 radical (unpaired) electrons. The molecule has 21 heavy (non-hydrogen) atoms. The fourth-order valence-electron chi connectivity index (χ4n) is 2.13. The second-order valence-electron chi connectivity index (χ2n) is 4.76. The number of hydrogen-bond donors (Lipinski definition) is 1. The Bertz CT molecular complexity index is 564. The molecule has 0 unspecified atom stereocenters. The second-order valence-corrected chi connectivity index (χ2v) is 6.46. The Morgan fingerprint density at radius 3 is 2.43 bits per heavy atom. The summed E-state index contributed by atoms with van der Waals surface area (Å²) < 4.78 is 62.8. The highest BCUT2D eigenvalue weighted by Crippen LogP contribution is 2.32. The van der Waals surface area contributed by atoms with Crippen molar-refractivity contribution in [1.82, 2.24) is 5.32 Å². The highest BCUT2D eigenvalue weighted by molar-refractivity contribution is 7.85. The van der Waals surface area contributed by atoms with E-state index in [2.05, 4.69) is 5.32 Å². The van der Waals surface area contributed by atoms with Gasteiger partial charge in [-0.25, -0.2) is 4.39 Å². The van der Waals surface area contributed by atoms with Gasteiger partial charge in [0.15, 0.2) is 0 Å². The average molecular weight is 323 g/mol. The van der Waals surface area contributed by atoms with Gasteiger partial charge >= 0.3 is 6.18 Å². The van der Waals surface area contributed by atoms with E-state index in [1.165, 1.54) is 0 Å². The number of hydrogen-bond acceptors (Lipinski definition) is 2. The summed E-state index contributed by atoms with van der Waals surface area (Å²) in [6, 6.07) is 2.32. The van der Waals surface area contributed by atoms with Crippen LogP contribution in [-0.2, 0) is 17.0 Å². The molecule has 0 atom stereocenters. The number of carbonyl (C=O) groups is 1. The van der Waals surface area contributed by atoms with Crippen LogP contribution in [-0.4, -0.2) is 27.7 Å². The summed E-state index contributed by atoms with van der Waals surface area (Å²) in [6.45, 7) is 0. The van der Waals surface area contributed by atoms with Crippen LogP contribution in [0.3, 0.4) is 0 Å². The predicted octanol–water partition coefficient (Wildman–Crippen LogP) is 2.49. The van der Waals surface area contributed by atoms with Crippen LogP contribution in [0.4, 0.5) is 17.6 Å². The molecule has 0 spiro atoms. The Balaban J connectivity index is 2.14. The molecule has 116 valence electrons. The van der Waals surface area contributed by atoms with Gasteiger partial charge in [-0.3, -0.25) is 9.00 Å². The van der Waals surface area contributed by atoms with Crippen molar-refractivity contribution in [2.75, 3.05) is 11.5 Å². The Hall–Kier alpha value is -1.44. The molecule has 1 aliphatic rings. The maximum absolute atomic E-state index is 13.8. The molecule has 1 amide bonds. The SMILES string of the molecule is O=C(NC1CCS(=O)CC1)c1cccc(C(F)(F)F)c1F. The summed E-state index contributed by atoms with van der Waals surface area (Å²) in [4.78, 5) is 11.9. The van der Waals surface area contributed by atoms with Crippen LogP contribution in [0.2, 0.25) is 0 Å². The summed E-state index contributed by atoms with van der Waals surface area (Å²) in [5, 5.41) is 2.49. The molecule has 3 nitrogen and oxygen atoms in total. The third-order valence-corrected chi connectivity index (χ3v) is 4.65. The van der Waals surface area contributed by atoms with Crippen LogP contribution < -0.4 is 5.32 Å². The number of carbonyl (C=O) groups excluding carboxylic acids is 1. The predicted molar refractivity (Wildman–Crippen MR) is 69.8 cm³/mol. The van der Waals surface area contributed by atoms with Crippen LogP contribution in [0.1, 0.15) is 28.8 Å². The van der Waals surface area contributed by atoms with E-state index in [9.17, 15) is 26.6 Å². The number of benzene rings is 1. The lowest BCUT2D eigenvalue weighted by atomic mass is 10.1. The maximum Gasteiger partial charge on any atom is 0.419 e. The topological polar surface area (TPSA) is 46.2 Å². The zero-order valence-electron chi connectivity index (χ0n) is 10.9. The average Bonchev–Trinajstić information content (AvgIpc) is 2.40. The van der Waals surface area contributed by atoms with E-state index in [1.54, 1.807) is 0 Å². The van der Waals surface area contributed by atoms with Crippen molar-refractivity contribution < 1.29 is 26.6 Å². The molecule has 0 saturated carbocycles. The molecule has 2 rings (SSSR count). The van der Waals surface area contributed by atoms with Crippen LogP contribution >= 0.6 is 0 Å². The first kappa shape index (κ1) is 15.9. The van der Waals surface area contributed by atoms with Crippen molar-refractivity contribution in [2.45, 2.75) is 25.1 Å². The highest BCUT2D eigenvalue weighted by Gasteiger charge is 2.36. The largest absolute Gasteiger partial charge is 0.419 e. The second kappa shape index (κ2) is 6.13. The minimum absolute atomic E-state index is 0.288. The zero-order chi connectivity index (χ0) is 15.6. The summed E-state index contributed by atoms with van der Waals surface area (Å²) in [7, 11) is -0.914. The van der Waals surface area contributed by atoms with Crippen molar-refractivity contribution >= 4 is 16.7 Å². The molecule has 1 aromatic rings. The standard InChI is InChI=1S/C13H13F4NO2S/c14-11-9(2-1-3-10(11)13(15,16)17)12(19)18-8-4-6-21(20)7-5-8/h1-3,8H,4-7H2,(H,18,19). The number of amides is 1. The van der Waals surface area contributed by atoms with Gasteiger partial charge in [0.25, 0.3) is 5.91 Å². The number of nitrogens with one attached hydrogen (secondary N) is 1. The minimum Gasteiger partial charge on any atom is -0.349 e. The van der Waals surface area contributed by atoms with Crippen molar-refractivity contribution in [3.8, 4) is 0 Å². The molecule has 0 aliphatic carbocycles. The molecule has 1 aliphatic heterocycles. The van der Waals surface area contributed by atoms with Crippen LogP contribution in [0.5, 0.6) is 0 Å². The lowest BCUT2D eigenvalue weighted by Gasteiger charge is -2.22. The van der Waals surface area contributed by atoms with Gasteiger partial charge in [-0.2, -0.15) is 13.2 Å². The van der Waals surface area contributed by atoms with E-state index in [0.717, 1.165) is 12.1 Å². The molecule has 0 aromatic heterocycles. The number of rotatable bonds is 2. The Kier molecular flexibility index (Phi) is 4.65. The van der Waals surface area contributed by atoms with Gasteiger partial charge in [-0.15, -0.1) is 0 Å². The van der Waals surface area contributed by atoms with Gasteiger partial charge in [0, 0.05) is 28.3 Å². The summed E-state index contributed by atoms with van der Waals surface area (Å²) >= 11 is 0. The van der Waals surface area contributed by atoms with E-state index in [1.807, 2.05) is 0 Å². The summed E-state index contributed by atoms with van der Waals surface area (Å²) in [5.74, 6) is -1.59. The third-order valence-electron chi connectivity index (χ3n) is 3.27. The normalized spacial score (nSPS) is 22.9. The molecule has 1 fully saturated rings. The first-order valence-corrected chi connectivity index (χ1v) is 7.79. The molecule has 1 heterocycles. The molecule has 8 heteroatoms. The van der Waals surface area contributed by atoms with E-state index in [0.29, 0.717) is 30.4 Å². The van der Waals surface area contributed by atoms with Crippen molar-refractivity contribution in [1.29, 1.82) is 0 Å². The highest BCUT2D eigenvalue weighted by atomic mass is 32.2. The summed E-state index contributed by atoms with van der Waals surface area (Å²) in [6.07, 6.45) is -3.90. The number of halogens is 4. The molecular weight excluding hydrogens is 310 g/mol. The lowest BCUT2D eigenvalue weighted by molar-refractivity contribution is -0.140. The number of alkyl halides is 3. The third kappa shape index (κ3) is 3.81. The summed E-state index contributed by atoms with van der Waals surface area (Å²) in [5.41, 5.74) is -2.09. The monoisotopic (exact) mass is 323 g/mol. The van der Waals surface area contributed by atoms with Crippen LogP contribution in [0, 0.1) is 5.82 Å². The van der Waals surface area contributed by atoms with Gasteiger partial charge in [-0.05, 0) is 25.0 Å². The smallest absolute Gasteiger partial charge is 0.349 e. The maximum atomic E-state index is 13.8. The van der Waals surface area contributed by atoms with E-state index >= 15 is 0 Å². The fraction of sp³-hybridized carbons (Fsp3) is 0.462. The Morgan fingerprint density at radius 2 is 1.86 bits per heavy atom. The van der Waals surface area contributed by atoms with Crippen LogP contribution in [0.25, 0.3) is 0 Å². The minimum atomic E-state index is -4.85. The van der Waals surface area contributed by atoms with Crippen molar-refractivity contribution in [3.63, 3.8) is 0 Å².